The summed E-state index contributed by atoms with van der Waals surface area (Å²) in [4.78, 5) is 15.2. The van der Waals surface area contributed by atoms with E-state index in [1.54, 1.807) is 11.3 Å². The van der Waals surface area contributed by atoms with E-state index in [2.05, 4.69) is 16.8 Å². The molecule has 0 spiro atoms. The third-order valence-corrected chi connectivity index (χ3v) is 7.20. The van der Waals surface area contributed by atoms with Crippen molar-refractivity contribution in [3.63, 3.8) is 0 Å². The van der Waals surface area contributed by atoms with E-state index in [0.29, 0.717) is 38.8 Å². The summed E-state index contributed by atoms with van der Waals surface area (Å²) in [6.45, 7) is 4.26. The van der Waals surface area contributed by atoms with Gasteiger partial charge in [0.15, 0.2) is 5.76 Å². The fourth-order valence-corrected chi connectivity index (χ4v) is 5.40. The normalized spacial score (nSPS) is 23.7. The first-order valence-electron chi connectivity index (χ1n) is 12.2. The monoisotopic (exact) mass is 481 g/mol. The molecule has 1 aromatic heterocycles. The molecule has 3 unspecified atom stereocenters. The van der Waals surface area contributed by atoms with Crippen LogP contribution in [0.3, 0.4) is 0 Å². The SMILES string of the molecule is CCOC1OC(C(=O)N(C)C2CCCCC2)=CC(c2ccsc2)C1CCOCCOCCO. The molecule has 0 saturated heterocycles. The molecule has 0 aromatic carbocycles. The van der Waals surface area contributed by atoms with Crippen LogP contribution in [0.5, 0.6) is 0 Å². The number of aliphatic hydroxyl groups is 1. The third-order valence-electron chi connectivity index (χ3n) is 6.50. The number of amides is 1. The number of thiophene rings is 1. The van der Waals surface area contributed by atoms with Gasteiger partial charge in [0.2, 0.25) is 6.29 Å². The maximum absolute atomic E-state index is 13.4. The van der Waals surface area contributed by atoms with Crippen molar-refractivity contribution in [3.05, 3.63) is 34.2 Å². The number of ether oxygens (including phenoxy) is 4. The molecule has 7 nitrogen and oxygen atoms in total. The van der Waals surface area contributed by atoms with Crippen LogP contribution < -0.4 is 0 Å². The van der Waals surface area contributed by atoms with Crippen LogP contribution in [0.15, 0.2) is 28.7 Å². The van der Waals surface area contributed by atoms with E-state index in [1.807, 2.05) is 24.9 Å². The Labute approximate surface area is 201 Å². The summed E-state index contributed by atoms with van der Waals surface area (Å²) in [6, 6.07) is 2.39. The molecular formula is C25H39NO6S. The van der Waals surface area contributed by atoms with Crippen molar-refractivity contribution >= 4 is 17.2 Å². The van der Waals surface area contributed by atoms with Crippen LogP contribution in [0.1, 0.15) is 56.9 Å². The number of hydrogen-bond donors (Lipinski definition) is 1. The van der Waals surface area contributed by atoms with E-state index in [-0.39, 0.29) is 30.4 Å². The zero-order chi connectivity index (χ0) is 23.5. The van der Waals surface area contributed by atoms with Gasteiger partial charge in [0.25, 0.3) is 5.91 Å². The molecule has 186 valence electrons. The maximum Gasteiger partial charge on any atom is 0.288 e. The Kier molecular flexibility index (Phi) is 11.1. The van der Waals surface area contributed by atoms with Gasteiger partial charge in [0.1, 0.15) is 0 Å². The molecule has 33 heavy (non-hydrogen) atoms. The molecule has 2 aliphatic rings. The van der Waals surface area contributed by atoms with Crippen LogP contribution in [-0.4, -0.2) is 74.9 Å². The second-order valence-electron chi connectivity index (χ2n) is 8.66. The first-order chi connectivity index (χ1) is 16.2. The number of nitrogens with zero attached hydrogens (tertiary/aromatic N) is 1. The van der Waals surface area contributed by atoms with Crippen molar-refractivity contribution in [2.75, 3.05) is 46.7 Å². The number of allylic oxidation sites excluding steroid dienone is 1. The number of likely N-dealkylation sites (N-methyl/N-ethyl adjacent to an activating group) is 1. The number of carbonyl (C=O) groups is 1. The molecule has 1 aliphatic carbocycles. The van der Waals surface area contributed by atoms with Crippen LogP contribution >= 0.6 is 11.3 Å². The minimum atomic E-state index is -0.502. The average Bonchev–Trinajstić information content (AvgIpc) is 3.38. The first-order valence-corrected chi connectivity index (χ1v) is 13.2. The zero-order valence-corrected chi connectivity index (χ0v) is 20.8. The summed E-state index contributed by atoms with van der Waals surface area (Å²) in [5, 5.41) is 13.0. The smallest absolute Gasteiger partial charge is 0.288 e. The molecule has 3 rings (SSSR count). The molecule has 0 radical (unpaired) electrons. The topological polar surface area (TPSA) is 77.5 Å². The summed E-state index contributed by atoms with van der Waals surface area (Å²) in [5.41, 5.74) is 1.18. The Morgan fingerprint density at radius 3 is 2.61 bits per heavy atom. The van der Waals surface area contributed by atoms with Crippen LogP contribution in [0.25, 0.3) is 0 Å². The fraction of sp³-hybridized carbons (Fsp3) is 0.720. The molecule has 0 bridgehead atoms. The Morgan fingerprint density at radius 1 is 1.18 bits per heavy atom. The summed E-state index contributed by atoms with van der Waals surface area (Å²) >= 11 is 1.65. The highest BCUT2D eigenvalue weighted by molar-refractivity contribution is 7.08. The van der Waals surface area contributed by atoms with Crippen LogP contribution in [0.4, 0.5) is 0 Å². The maximum atomic E-state index is 13.4. The lowest BCUT2D eigenvalue weighted by Crippen LogP contribution is -2.43. The van der Waals surface area contributed by atoms with Gasteiger partial charge in [-0.2, -0.15) is 11.3 Å². The second-order valence-corrected chi connectivity index (χ2v) is 9.44. The van der Waals surface area contributed by atoms with Crippen LogP contribution in [-0.2, 0) is 23.7 Å². The van der Waals surface area contributed by atoms with Gasteiger partial charge in [-0.3, -0.25) is 4.79 Å². The van der Waals surface area contributed by atoms with Crippen molar-refractivity contribution in [1.82, 2.24) is 4.90 Å². The molecule has 2 heterocycles. The van der Waals surface area contributed by atoms with Crippen molar-refractivity contribution in [3.8, 4) is 0 Å². The van der Waals surface area contributed by atoms with Gasteiger partial charge in [-0.05, 0) is 54.7 Å². The molecule has 1 N–H and O–H groups in total. The van der Waals surface area contributed by atoms with E-state index in [4.69, 9.17) is 24.1 Å². The lowest BCUT2D eigenvalue weighted by molar-refractivity contribution is -0.172. The van der Waals surface area contributed by atoms with Crippen molar-refractivity contribution in [1.29, 1.82) is 0 Å². The zero-order valence-electron chi connectivity index (χ0n) is 19.9. The van der Waals surface area contributed by atoms with Crippen molar-refractivity contribution < 1.29 is 28.8 Å². The second kappa shape index (κ2) is 14.1. The van der Waals surface area contributed by atoms with Gasteiger partial charge in [0.05, 0.1) is 26.4 Å². The predicted molar refractivity (Wildman–Crippen MR) is 128 cm³/mol. The fourth-order valence-electron chi connectivity index (χ4n) is 4.69. The van der Waals surface area contributed by atoms with Crippen molar-refractivity contribution in [2.24, 2.45) is 5.92 Å². The summed E-state index contributed by atoms with van der Waals surface area (Å²) in [6.07, 6.45) is 7.94. The Morgan fingerprint density at radius 2 is 1.94 bits per heavy atom. The predicted octanol–water partition coefficient (Wildman–Crippen LogP) is 3.93. The average molecular weight is 482 g/mol. The van der Waals surface area contributed by atoms with E-state index in [0.717, 1.165) is 19.3 Å². The minimum Gasteiger partial charge on any atom is -0.459 e. The number of carbonyl (C=O) groups excluding carboxylic acids is 1. The highest BCUT2D eigenvalue weighted by atomic mass is 32.1. The summed E-state index contributed by atoms with van der Waals surface area (Å²) in [5.74, 6) is 0.402. The number of hydrogen-bond acceptors (Lipinski definition) is 7. The number of aliphatic hydroxyl groups excluding tert-OH is 1. The van der Waals surface area contributed by atoms with Gasteiger partial charge in [-0.1, -0.05) is 19.3 Å². The highest BCUT2D eigenvalue weighted by Gasteiger charge is 2.39. The van der Waals surface area contributed by atoms with Crippen LogP contribution in [0.2, 0.25) is 0 Å². The molecule has 1 aliphatic heterocycles. The van der Waals surface area contributed by atoms with Gasteiger partial charge >= 0.3 is 0 Å². The lowest BCUT2D eigenvalue weighted by atomic mass is 9.82. The van der Waals surface area contributed by atoms with E-state index < -0.39 is 6.29 Å². The Balaban J connectivity index is 1.71. The molecule has 1 amide bonds. The number of rotatable bonds is 13. The van der Waals surface area contributed by atoms with Gasteiger partial charge in [-0.15, -0.1) is 0 Å². The van der Waals surface area contributed by atoms with E-state index in [1.165, 1.54) is 24.8 Å². The summed E-state index contributed by atoms with van der Waals surface area (Å²) < 4.78 is 23.2. The molecule has 1 saturated carbocycles. The molecule has 3 atom stereocenters. The quantitative estimate of drug-likeness (QED) is 0.430. The third kappa shape index (κ3) is 7.52. The molecule has 1 aromatic rings. The van der Waals surface area contributed by atoms with Gasteiger partial charge < -0.3 is 29.0 Å². The first kappa shape index (κ1) is 26.2. The van der Waals surface area contributed by atoms with E-state index in [9.17, 15) is 4.79 Å². The lowest BCUT2D eigenvalue weighted by Gasteiger charge is -2.38. The highest BCUT2D eigenvalue weighted by Crippen LogP contribution is 2.40. The minimum absolute atomic E-state index is 0.0150. The standard InChI is InChI=1S/C25H39NO6S/c1-3-31-25-21(9-12-29-14-15-30-13-11-27)22(19-10-16-33-18-19)17-23(32-25)24(28)26(2)20-7-5-4-6-8-20/h10,16-18,20-22,25,27H,3-9,11-15H2,1-2H3. The van der Waals surface area contributed by atoms with Gasteiger partial charge in [-0.25, -0.2) is 0 Å². The molecule has 8 heteroatoms. The van der Waals surface area contributed by atoms with Crippen LogP contribution in [0, 0.1) is 5.92 Å². The Bertz CT molecular complexity index is 718. The van der Waals surface area contributed by atoms with Gasteiger partial charge in [0, 0.05) is 38.1 Å². The summed E-state index contributed by atoms with van der Waals surface area (Å²) in [7, 11) is 1.90. The Hall–Kier alpha value is -1.45. The van der Waals surface area contributed by atoms with E-state index >= 15 is 0 Å². The van der Waals surface area contributed by atoms with Crippen molar-refractivity contribution in [2.45, 2.75) is 63.7 Å². The molecular weight excluding hydrogens is 442 g/mol. The molecule has 1 fully saturated rings. The largest absolute Gasteiger partial charge is 0.459 e.